The number of benzene rings is 1. The minimum atomic E-state index is -0.364. The van der Waals surface area contributed by atoms with Crippen molar-refractivity contribution in [2.24, 2.45) is 5.73 Å². The van der Waals surface area contributed by atoms with Gasteiger partial charge >= 0.3 is 0 Å². The molecule has 0 unspecified atom stereocenters. The van der Waals surface area contributed by atoms with Crippen LogP contribution in [0.5, 0.6) is 0 Å². The van der Waals surface area contributed by atoms with E-state index in [1.807, 2.05) is 24.3 Å². The molecule has 17 heavy (non-hydrogen) atoms. The second kappa shape index (κ2) is 4.40. The Morgan fingerprint density at radius 1 is 1.35 bits per heavy atom. The van der Waals surface area contributed by atoms with E-state index in [-0.39, 0.29) is 17.9 Å². The quantitative estimate of drug-likeness (QED) is 0.925. The highest BCUT2D eigenvalue weighted by Gasteiger charge is 2.45. The van der Waals surface area contributed by atoms with Gasteiger partial charge in [-0.05, 0) is 25.0 Å². The van der Waals surface area contributed by atoms with Crippen molar-refractivity contribution in [1.29, 1.82) is 0 Å². The van der Waals surface area contributed by atoms with Gasteiger partial charge < -0.3 is 10.3 Å². The summed E-state index contributed by atoms with van der Waals surface area (Å²) in [6.45, 7) is 0. The lowest BCUT2D eigenvalue weighted by Crippen LogP contribution is -2.18. The maximum Gasteiger partial charge on any atom is 0.247 e. The van der Waals surface area contributed by atoms with Crippen molar-refractivity contribution in [3.05, 3.63) is 34.6 Å². The summed E-state index contributed by atoms with van der Waals surface area (Å²) in [7, 11) is 0. The van der Waals surface area contributed by atoms with E-state index in [1.165, 1.54) is 0 Å². The van der Waals surface area contributed by atoms with Crippen LogP contribution in [0.3, 0.4) is 0 Å². The van der Waals surface area contributed by atoms with Gasteiger partial charge in [0.05, 0.1) is 5.54 Å². The highest BCUT2D eigenvalue weighted by atomic mass is 79.9. The summed E-state index contributed by atoms with van der Waals surface area (Å²) in [5.41, 5.74) is 6.54. The first-order valence-electron chi connectivity index (χ1n) is 5.06. The van der Waals surface area contributed by atoms with Crippen molar-refractivity contribution in [3.8, 4) is 11.4 Å². The molecule has 4 nitrogen and oxygen atoms in total. The third-order valence-electron chi connectivity index (χ3n) is 2.72. The third-order valence-corrected chi connectivity index (χ3v) is 3.22. The predicted molar refractivity (Wildman–Crippen MR) is 69.8 cm³/mol. The molecule has 0 radical (unpaired) electrons. The van der Waals surface area contributed by atoms with Crippen molar-refractivity contribution >= 4 is 28.3 Å². The van der Waals surface area contributed by atoms with Gasteiger partial charge in [0.15, 0.2) is 0 Å². The number of halogens is 2. The fourth-order valence-electron chi connectivity index (χ4n) is 1.52. The molecular weight excluding hydrogens is 305 g/mol. The van der Waals surface area contributed by atoms with Gasteiger partial charge in [0, 0.05) is 10.0 Å². The van der Waals surface area contributed by atoms with Crippen LogP contribution in [0.1, 0.15) is 18.7 Å². The molecule has 1 aliphatic carbocycles. The van der Waals surface area contributed by atoms with Gasteiger partial charge in [-0.25, -0.2) is 0 Å². The molecule has 1 aromatic heterocycles. The van der Waals surface area contributed by atoms with Crippen LogP contribution in [-0.2, 0) is 5.54 Å². The monoisotopic (exact) mass is 315 g/mol. The third kappa shape index (κ3) is 2.36. The fraction of sp³-hybridized carbons (Fsp3) is 0.273. The minimum absolute atomic E-state index is 0. The number of hydrogen-bond donors (Lipinski definition) is 1. The Balaban J connectivity index is 0.00000108. The Morgan fingerprint density at radius 2 is 2.12 bits per heavy atom. The van der Waals surface area contributed by atoms with Crippen LogP contribution >= 0.6 is 28.3 Å². The highest BCUT2D eigenvalue weighted by molar-refractivity contribution is 9.10. The second-order valence-electron chi connectivity index (χ2n) is 4.09. The van der Waals surface area contributed by atoms with E-state index in [9.17, 15) is 0 Å². The summed E-state index contributed by atoms with van der Waals surface area (Å²) in [5, 5.41) is 3.95. The maximum atomic E-state index is 5.98. The lowest BCUT2D eigenvalue weighted by molar-refractivity contribution is 0.348. The van der Waals surface area contributed by atoms with Crippen LogP contribution < -0.4 is 5.73 Å². The van der Waals surface area contributed by atoms with E-state index in [1.54, 1.807) is 0 Å². The molecule has 1 fully saturated rings. The van der Waals surface area contributed by atoms with Gasteiger partial charge in [-0.15, -0.1) is 12.4 Å². The lowest BCUT2D eigenvalue weighted by atomic mass is 10.2. The Kier molecular flexibility index (Phi) is 3.25. The van der Waals surface area contributed by atoms with Crippen LogP contribution in [0.25, 0.3) is 11.4 Å². The molecule has 1 aromatic carbocycles. The average Bonchev–Trinajstić information content (AvgIpc) is 2.83. The second-order valence-corrected chi connectivity index (χ2v) is 5.01. The first kappa shape index (κ1) is 12.5. The van der Waals surface area contributed by atoms with Gasteiger partial charge in [0.2, 0.25) is 11.7 Å². The number of aromatic nitrogens is 2. The van der Waals surface area contributed by atoms with E-state index < -0.39 is 0 Å². The minimum Gasteiger partial charge on any atom is -0.337 e. The Bertz CT molecular complexity index is 539. The van der Waals surface area contributed by atoms with Crippen molar-refractivity contribution in [3.63, 3.8) is 0 Å². The van der Waals surface area contributed by atoms with Gasteiger partial charge in [-0.1, -0.05) is 33.2 Å². The molecule has 1 saturated carbocycles. The number of hydrogen-bond acceptors (Lipinski definition) is 4. The molecule has 6 heteroatoms. The summed E-state index contributed by atoms with van der Waals surface area (Å²) in [6, 6.07) is 7.78. The van der Waals surface area contributed by atoms with Crippen molar-refractivity contribution < 1.29 is 4.52 Å². The summed E-state index contributed by atoms with van der Waals surface area (Å²) in [5.74, 6) is 1.13. The van der Waals surface area contributed by atoms with E-state index in [0.717, 1.165) is 22.9 Å². The van der Waals surface area contributed by atoms with Crippen molar-refractivity contribution in [1.82, 2.24) is 10.1 Å². The van der Waals surface area contributed by atoms with Crippen LogP contribution in [-0.4, -0.2) is 10.1 Å². The molecule has 0 spiro atoms. The zero-order chi connectivity index (χ0) is 11.2. The van der Waals surface area contributed by atoms with Crippen LogP contribution in [0, 0.1) is 0 Å². The molecule has 0 aliphatic heterocycles. The molecule has 1 heterocycles. The van der Waals surface area contributed by atoms with Crippen molar-refractivity contribution in [2.75, 3.05) is 0 Å². The van der Waals surface area contributed by atoms with E-state index in [4.69, 9.17) is 10.3 Å². The molecule has 2 N–H and O–H groups in total. The number of nitrogens with zero attached hydrogens (tertiary/aromatic N) is 2. The van der Waals surface area contributed by atoms with Crippen LogP contribution in [0.15, 0.2) is 33.3 Å². The first-order chi connectivity index (χ1) is 7.67. The summed E-state index contributed by atoms with van der Waals surface area (Å²) >= 11 is 3.41. The molecule has 1 aliphatic rings. The molecular formula is C11H11BrClN3O. The van der Waals surface area contributed by atoms with E-state index in [2.05, 4.69) is 26.1 Å². The van der Waals surface area contributed by atoms with E-state index in [0.29, 0.717) is 11.7 Å². The maximum absolute atomic E-state index is 5.98. The molecule has 0 saturated heterocycles. The average molecular weight is 317 g/mol. The largest absolute Gasteiger partial charge is 0.337 e. The predicted octanol–water partition coefficient (Wildman–Crippen LogP) is 2.87. The molecule has 0 bridgehead atoms. The summed E-state index contributed by atoms with van der Waals surface area (Å²) in [4.78, 5) is 4.33. The highest BCUT2D eigenvalue weighted by Crippen LogP contribution is 2.42. The summed E-state index contributed by atoms with van der Waals surface area (Å²) < 4.78 is 6.18. The van der Waals surface area contributed by atoms with Gasteiger partial charge in [-0.3, -0.25) is 0 Å². The van der Waals surface area contributed by atoms with Gasteiger partial charge in [0.1, 0.15) is 0 Å². The standard InChI is InChI=1S/C11H10BrN3O.ClH/c12-8-3-1-2-7(6-8)9-14-10(16-15-9)11(13)4-5-11;/h1-3,6H,4-5,13H2;1H. The fourth-order valence-corrected chi connectivity index (χ4v) is 1.92. The Morgan fingerprint density at radius 3 is 2.76 bits per heavy atom. The molecule has 3 rings (SSSR count). The molecule has 2 aromatic rings. The molecule has 0 atom stereocenters. The normalized spacial score (nSPS) is 16.4. The zero-order valence-corrected chi connectivity index (χ0v) is 11.3. The van der Waals surface area contributed by atoms with Crippen molar-refractivity contribution in [2.45, 2.75) is 18.4 Å². The lowest BCUT2D eigenvalue weighted by Gasteiger charge is -1.98. The van der Waals surface area contributed by atoms with Gasteiger partial charge in [-0.2, -0.15) is 4.98 Å². The van der Waals surface area contributed by atoms with Gasteiger partial charge in [0.25, 0.3) is 0 Å². The first-order valence-corrected chi connectivity index (χ1v) is 5.86. The van der Waals surface area contributed by atoms with E-state index >= 15 is 0 Å². The van der Waals surface area contributed by atoms with Crippen LogP contribution in [0.4, 0.5) is 0 Å². The molecule has 90 valence electrons. The summed E-state index contributed by atoms with van der Waals surface area (Å²) in [6.07, 6.45) is 1.85. The number of rotatable bonds is 2. The zero-order valence-electron chi connectivity index (χ0n) is 8.89. The SMILES string of the molecule is Cl.NC1(c2nc(-c3cccc(Br)c3)no2)CC1. The number of nitrogens with two attached hydrogens (primary N) is 1. The van der Waals surface area contributed by atoms with Crippen LogP contribution in [0.2, 0.25) is 0 Å². The molecule has 0 amide bonds. The Hall–Kier alpha value is -0.910. The smallest absolute Gasteiger partial charge is 0.247 e. The topological polar surface area (TPSA) is 64.9 Å². The Labute approximate surface area is 113 Å².